The first-order chi connectivity index (χ1) is 18.0. The average molecular weight is 495 g/mol. The van der Waals surface area contributed by atoms with Crippen molar-refractivity contribution >= 4 is 18.1 Å². The molecule has 37 heavy (non-hydrogen) atoms. The number of amides is 1. The number of nitrogens with zero attached hydrogens (tertiary/aromatic N) is 3. The van der Waals surface area contributed by atoms with Gasteiger partial charge in [0.15, 0.2) is 5.82 Å². The minimum atomic E-state index is -0.381. The predicted octanol–water partition coefficient (Wildman–Crippen LogP) is 3.86. The highest BCUT2D eigenvalue weighted by Crippen LogP contribution is 2.41. The van der Waals surface area contributed by atoms with Crippen molar-refractivity contribution in [2.75, 3.05) is 13.2 Å². The third-order valence-electron chi connectivity index (χ3n) is 6.73. The molecule has 1 fully saturated rings. The van der Waals surface area contributed by atoms with Crippen LogP contribution in [0.4, 0.5) is 4.39 Å². The van der Waals surface area contributed by atoms with Gasteiger partial charge in [0.05, 0.1) is 36.2 Å². The largest absolute Gasteiger partial charge is 0.375 e. The molecule has 0 radical (unpaired) electrons. The second kappa shape index (κ2) is 10.5. The summed E-state index contributed by atoms with van der Waals surface area (Å²) in [4.78, 5) is 21.6. The molecule has 1 aromatic carbocycles. The average Bonchev–Trinajstić information content (AvgIpc) is 3.76. The monoisotopic (exact) mass is 494 g/mol. The maximum Gasteiger partial charge on any atom is 0.251 e. The molecule has 2 aromatic heterocycles. The number of nitrogens with one attached hydrogen (secondary N) is 1. The van der Waals surface area contributed by atoms with Gasteiger partial charge in [-0.1, -0.05) is 18.7 Å². The van der Waals surface area contributed by atoms with Crippen LogP contribution >= 0.6 is 0 Å². The standard InChI is InChI=1S/C30H27FN4O2/c1-3-27-22(11-23(15-34-27)25-8-9-33-29(28(25)31)19-4-5-19)10-18(2)14-35-30(36)20-6-7-21-16-37-17-24(13-32)26(21)12-20/h3,6-12,15,19,24H,2,4-5,14,16-17H2,1H3,(H,35,36)/b22-10-,27-3+. The highest BCUT2D eigenvalue weighted by Gasteiger charge is 2.29. The van der Waals surface area contributed by atoms with Crippen LogP contribution in [0.3, 0.4) is 0 Å². The minimum Gasteiger partial charge on any atom is -0.375 e. The number of pyridine rings is 2. The summed E-state index contributed by atoms with van der Waals surface area (Å²) in [6.45, 7) is 6.98. The number of carbonyl (C=O) groups is 1. The molecule has 1 aliphatic carbocycles. The topological polar surface area (TPSA) is 87.9 Å². The fourth-order valence-corrected chi connectivity index (χ4v) is 4.56. The lowest BCUT2D eigenvalue weighted by Gasteiger charge is -2.21. The number of halogens is 1. The number of nitriles is 1. The van der Waals surface area contributed by atoms with Crippen LogP contribution in [0.5, 0.6) is 0 Å². The smallest absolute Gasteiger partial charge is 0.251 e. The highest BCUT2D eigenvalue weighted by atomic mass is 19.1. The van der Waals surface area contributed by atoms with Gasteiger partial charge >= 0.3 is 0 Å². The van der Waals surface area contributed by atoms with E-state index in [0.29, 0.717) is 41.2 Å². The van der Waals surface area contributed by atoms with Gasteiger partial charge in [0.25, 0.3) is 5.91 Å². The number of ether oxygens (including phenoxy) is 1. The van der Waals surface area contributed by atoms with Gasteiger partial charge in [0.1, 0.15) is 0 Å². The molecule has 1 N–H and O–H groups in total. The van der Waals surface area contributed by atoms with Crippen LogP contribution in [0.25, 0.3) is 23.3 Å². The van der Waals surface area contributed by atoms with Gasteiger partial charge in [0.2, 0.25) is 0 Å². The van der Waals surface area contributed by atoms with Gasteiger partial charge in [0, 0.05) is 46.8 Å². The zero-order chi connectivity index (χ0) is 25.9. The van der Waals surface area contributed by atoms with Crippen LogP contribution in [0.2, 0.25) is 0 Å². The molecule has 186 valence electrons. The number of aromatic nitrogens is 2. The Labute approximate surface area is 214 Å². The summed E-state index contributed by atoms with van der Waals surface area (Å²) in [5.74, 6) is -0.706. The normalized spacial score (nSPS) is 17.7. The Morgan fingerprint density at radius 3 is 2.89 bits per heavy atom. The Morgan fingerprint density at radius 2 is 2.14 bits per heavy atom. The lowest BCUT2D eigenvalue weighted by molar-refractivity contribution is 0.0952. The summed E-state index contributed by atoms with van der Waals surface area (Å²) in [7, 11) is 0. The quantitative estimate of drug-likeness (QED) is 0.562. The number of benzene rings is 1. The zero-order valence-electron chi connectivity index (χ0n) is 20.6. The zero-order valence-corrected chi connectivity index (χ0v) is 20.6. The fraction of sp³-hybridized carbons (Fsp3) is 0.267. The molecule has 1 saturated carbocycles. The molecule has 1 atom stereocenters. The van der Waals surface area contributed by atoms with Crippen LogP contribution in [-0.4, -0.2) is 29.0 Å². The first-order valence-corrected chi connectivity index (χ1v) is 12.3. The van der Waals surface area contributed by atoms with Crippen molar-refractivity contribution in [3.63, 3.8) is 0 Å². The van der Waals surface area contributed by atoms with Crippen LogP contribution in [-0.2, 0) is 11.3 Å². The minimum absolute atomic E-state index is 0.208. The first kappa shape index (κ1) is 24.5. The predicted molar refractivity (Wildman–Crippen MR) is 139 cm³/mol. The van der Waals surface area contributed by atoms with E-state index in [1.807, 2.05) is 31.2 Å². The van der Waals surface area contributed by atoms with E-state index >= 15 is 4.39 Å². The highest BCUT2D eigenvalue weighted by molar-refractivity contribution is 5.94. The first-order valence-electron chi connectivity index (χ1n) is 12.3. The van der Waals surface area contributed by atoms with E-state index in [0.717, 1.165) is 34.5 Å². The summed E-state index contributed by atoms with van der Waals surface area (Å²) in [6, 6.07) is 11.1. The lowest BCUT2D eigenvalue weighted by Crippen LogP contribution is -2.30. The molecular weight excluding hydrogens is 467 g/mol. The number of carbonyl (C=O) groups excluding carboxylic acids is 1. The van der Waals surface area contributed by atoms with E-state index in [1.165, 1.54) is 0 Å². The van der Waals surface area contributed by atoms with E-state index < -0.39 is 0 Å². The molecule has 3 heterocycles. The summed E-state index contributed by atoms with van der Waals surface area (Å²) in [5.41, 5.74) is 4.60. The molecule has 3 aromatic rings. The lowest BCUT2D eigenvalue weighted by atomic mass is 9.92. The molecule has 1 unspecified atom stereocenters. The molecule has 6 nitrogen and oxygen atoms in total. The molecule has 2 aliphatic rings. The Hall–Kier alpha value is -4.15. The third-order valence-corrected chi connectivity index (χ3v) is 6.73. The molecular formula is C30H27FN4O2. The maximum absolute atomic E-state index is 15.2. The van der Waals surface area contributed by atoms with Crippen molar-refractivity contribution in [2.45, 2.75) is 38.2 Å². The number of hydrogen-bond acceptors (Lipinski definition) is 5. The molecule has 7 heteroatoms. The van der Waals surface area contributed by atoms with E-state index in [2.05, 4.69) is 27.9 Å². The van der Waals surface area contributed by atoms with Crippen molar-refractivity contribution in [3.8, 4) is 17.2 Å². The van der Waals surface area contributed by atoms with Gasteiger partial charge in [-0.2, -0.15) is 5.26 Å². The van der Waals surface area contributed by atoms with Crippen molar-refractivity contribution < 1.29 is 13.9 Å². The summed E-state index contributed by atoms with van der Waals surface area (Å²) >= 11 is 0. The molecule has 1 aliphatic heterocycles. The van der Waals surface area contributed by atoms with Crippen LogP contribution in [0, 0.1) is 17.1 Å². The van der Waals surface area contributed by atoms with E-state index in [9.17, 15) is 10.1 Å². The molecule has 0 saturated heterocycles. The second-order valence-electron chi connectivity index (χ2n) is 9.41. The summed E-state index contributed by atoms with van der Waals surface area (Å²) in [6.07, 6.45) is 8.99. The number of fused-ring (bicyclic) bond motifs is 1. The van der Waals surface area contributed by atoms with Gasteiger partial charge < -0.3 is 10.1 Å². The van der Waals surface area contributed by atoms with E-state index in [-0.39, 0.29) is 30.1 Å². The van der Waals surface area contributed by atoms with Crippen molar-refractivity contribution in [1.82, 2.24) is 15.3 Å². The second-order valence-corrected chi connectivity index (χ2v) is 9.41. The summed E-state index contributed by atoms with van der Waals surface area (Å²) in [5, 5.41) is 13.8. The van der Waals surface area contributed by atoms with Gasteiger partial charge in [-0.3, -0.25) is 14.8 Å². The summed E-state index contributed by atoms with van der Waals surface area (Å²) < 4.78 is 20.6. The van der Waals surface area contributed by atoms with Crippen LogP contribution in [0.1, 0.15) is 58.8 Å². The Morgan fingerprint density at radius 1 is 1.30 bits per heavy atom. The molecule has 0 spiro atoms. The third kappa shape index (κ3) is 5.20. The number of rotatable bonds is 6. The number of hydrogen-bond donors (Lipinski definition) is 1. The Balaban J connectivity index is 1.35. The van der Waals surface area contributed by atoms with Crippen molar-refractivity contribution in [1.29, 1.82) is 5.26 Å². The van der Waals surface area contributed by atoms with Gasteiger partial charge in [-0.15, -0.1) is 0 Å². The molecule has 5 rings (SSSR count). The SMILES string of the molecule is C=C(/C=c1/cc(-c2ccnc(C3CC3)c2F)cn/c1=C/C)CNC(=O)c1ccc2c(c1)C(C#N)COC2. The van der Waals surface area contributed by atoms with E-state index in [1.54, 1.807) is 30.6 Å². The Bertz CT molecular complexity index is 1550. The fourth-order valence-electron chi connectivity index (χ4n) is 4.56. The van der Waals surface area contributed by atoms with Crippen LogP contribution in [0.15, 0.2) is 54.9 Å². The molecule has 1 amide bonds. The van der Waals surface area contributed by atoms with Gasteiger partial charge in [-0.05, 0) is 66.8 Å². The Kier molecular flexibility index (Phi) is 6.93. The van der Waals surface area contributed by atoms with Crippen LogP contribution < -0.4 is 15.9 Å². The van der Waals surface area contributed by atoms with Gasteiger partial charge in [-0.25, -0.2) is 4.39 Å². The van der Waals surface area contributed by atoms with Crippen molar-refractivity contribution in [3.05, 3.63) is 93.6 Å². The van der Waals surface area contributed by atoms with Crippen molar-refractivity contribution in [2.24, 2.45) is 0 Å². The maximum atomic E-state index is 15.2. The molecule has 0 bridgehead atoms. The van der Waals surface area contributed by atoms with E-state index in [4.69, 9.17) is 4.74 Å².